The van der Waals surface area contributed by atoms with E-state index in [4.69, 9.17) is 4.42 Å². The van der Waals surface area contributed by atoms with E-state index in [1.807, 2.05) is 23.8 Å². The van der Waals surface area contributed by atoms with Gasteiger partial charge in [0.2, 0.25) is 11.8 Å². The lowest BCUT2D eigenvalue weighted by atomic mass is 10.0. The van der Waals surface area contributed by atoms with E-state index in [2.05, 4.69) is 22.5 Å². The summed E-state index contributed by atoms with van der Waals surface area (Å²) >= 11 is 1.60. The molecule has 8 heteroatoms. The van der Waals surface area contributed by atoms with Crippen molar-refractivity contribution in [2.24, 2.45) is 0 Å². The van der Waals surface area contributed by atoms with Crippen molar-refractivity contribution in [2.45, 2.75) is 45.2 Å². The molecular weight excluding hydrogens is 369 g/mol. The summed E-state index contributed by atoms with van der Waals surface area (Å²) in [7, 11) is 0. The lowest BCUT2D eigenvalue weighted by molar-refractivity contribution is -0.121. The van der Waals surface area contributed by atoms with Crippen LogP contribution in [0.4, 0.5) is 0 Å². The molecule has 3 rings (SSSR count). The maximum atomic E-state index is 12.2. The van der Waals surface area contributed by atoms with E-state index in [-0.39, 0.29) is 43.2 Å². The number of piperidine rings is 1. The Labute approximate surface area is 158 Å². The van der Waals surface area contributed by atoms with Gasteiger partial charge in [-0.05, 0) is 44.7 Å². The van der Waals surface area contributed by atoms with Crippen LogP contribution in [-0.4, -0.2) is 29.5 Å². The van der Waals surface area contributed by atoms with Gasteiger partial charge in [-0.15, -0.1) is 24.8 Å². The zero-order valence-corrected chi connectivity index (χ0v) is 16.2. The number of carbonyl (C=O) groups excluding carboxylic acids is 1. The summed E-state index contributed by atoms with van der Waals surface area (Å²) in [5.41, 5.74) is 1.69. The zero-order valence-electron chi connectivity index (χ0n) is 13.7. The Morgan fingerprint density at radius 3 is 2.96 bits per heavy atom. The van der Waals surface area contributed by atoms with E-state index in [0.717, 1.165) is 36.4 Å². The van der Waals surface area contributed by atoms with E-state index >= 15 is 0 Å². The topological polar surface area (TPSA) is 67.2 Å². The van der Waals surface area contributed by atoms with Crippen LogP contribution >= 0.6 is 36.2 Å². The van der Waals surface area contributed by atoms with Crippen molar-refractivity contribution >= 4 is 42.1 Å². The highest BCUT2D eigenvalue weighted by molar-refractivity contribution is 7.08. The minimum Gasteiger partial charge on any atom is -0.441 e. The van der Waals surface area contributed by atoms with E-state index < -0.39 is 0 Å². The highest BCUT2D eigenvalue weighted by Crippen LogP contribution is 2.24. The van der Waals surface area contributed by atoms with E-state index in [1.165, 1.54) is 0 Å². The molecule has 1 aliphatic rings. The summed E-state index contributed by atoms with van der Waals surface area (Å²) in [5.74, 6) is 1.33. The smallest absolute Gasteiger partial charge is 0.227 e. The Hall–Kier alpha value is -1.08. The van der Waals surface area contributed by atoms with Gasteiger partial charge in [0, 0.05) is 23.0 Å². The second-order valence-electron chi connectivity index (χ2n) is 5.85. The third-order valence-corrected chi connectivity index (χ3v) is 4.66. The molecule has 0 aromatic carbocycles. The van der Waals surface area contributed by atoms with Crippen LogP contribution < -0.4 is 10.6 Å². The van der Waals surface area contributed by atoms with Crippen LogP contribution in [0, 0.1) is 6.92 Å². The number of carbonyl (C=O) groups is 1. The Morgan fingerprint density at radius 2 is 2.29 bits per heavy atom. The van der Waals surface area contributed by atoms with Crippen molar-refractivity contribution in [1.82, 2.24) is 15.6 Å². The van der Waals surface area contributed by atoms with Crippen LogP contribution in [0.1, 0.15) is 31.2 Å². The molecule has 0 saturated carbocycles. The lowest BCUT2D eigenvalue weighted by Crippen LogP contribution is -2.47. The Kier molecular flexibility index (Phi) is 8.22. The van der Waals surface area contributed by atoms with E-state index in [9.17, 15) is 4.79 Å². The highest BCUT2D eigenvalue weighted by atomic mass is 35.5. The van der Waals surface area contributed by atoms with Crippen molar-refractivity contribution < 1.29 is 9.21 Å². The molecule has 24 heavy (non-hydrogen) atoms. The Balaban J connectivity index is 0.00000144. The molecule has 1 aliphatic heterocycles. The molecule has 3 heterocycles. The van der Waals surface area contributed by atoms with Crippen LogP contribution in [-0.2, 0) is 11.2 Å². The maximum absolute atomic E-state index is 12.2. The molecule has 1 fully saturated rings. The van der Waals surface area contributed by atoms with Crippen molar-refractivity contribution in [2.75, 3.05) is 6.54 Å². The van der Waals surface area contributed by atoms with Crippen LogP contribution in [0.5, 0.6) is 0 Å². The molecule has 134 valence electrons. The van der Waals surface area contributed by atoms with Gasteiger partial charge in [-0.2, -0.15) is 11.3 Å². The van der Waals surface area contributed by atoms with Gasteiger partial charge in [0.25, 0.3) is 0 Å². The number of aryl methyl sites for hydroxylation is 1. The molecule has 1 amide bonds. The number of amides is 1. The maximum Gasteiger partial charge on any atom is 0.227 e. The fourth-order valence-electron chi connectivity index (χ4n) is 2.80. The van der Waals surface area contributed by atoms with Gasteiger partial charge < -0.3 is 15.1 Å². The van der Waals surface area contributed by atoms with Gasteiger partial charge in [0.15, 0.2) is 0 Å². The molecule has 1 saturated heterocycles. The number of hydrogen-bond acceptors (Lipinski definition) is 5. The molecule has 2 aromatic rings. The van der Waals surface area contributed by atoms with Crippen molar-refractivity contribution in [3.05, 3.63) is 28.3 Å². The number of nitrogens with zero attached hydrogens (tertiary/aromatic N) is 1. The molecule has 0 bridgehead atoms. The first-order valence-corrected chi connectivity index (χ1v) is 8.57. The summed E-state index contributed by atoms with van der Waals surface area (Å²) in [6.07, 6.45) is 2.23. The third kappa shape index (κ3) is 5.21. The summed E-state index contributed by atoms with van der Waals surface area (Å²) in [5, 5.41) is 10.5. The van der Waals surface area contributed by atoms with Crippen molar-refractivity contribution in [3.63, 3.8) is 0 Å². The predicted octanol–water partition coefficient (Wildman–Crippen LogP) is 3.35. The van der Waals surface area contributed by atoms with Crippen LogP contribution in [0.15, 0.2) is 21.2 Å². The fourth-order valence-corrected chi connectivity index (χ4v) is 3.43. The zero-order chi connectivity index (χ0) is 15.5. The highest BCUT2D eigenvalue weighted by Gasteiger charge is 2.21. The number of oxazole rings is 1. The Bertz CT molecular complexity index is 646. The van der Waals surface area contributed by atoms with E-state index in [1.54, 1.807) is 11.3 Å². The van der Waals surface area contributed by atoms with E-state index in [0.29, 0.717) is 11.9 Å². The second-order valence-corrected chi connectivity index (χ2v) is 6.63. The molecule has 2 N–H and O–H groups in total. The normalized spacial score (nSPS) is 19.9. The number of halogens is 2. The predicted molar refractivity (Wildman–Crippen MR) is 101 cm³/mol. The van der Waals surface area contributed by atoms with Gasteiger partial charge in [0.05, 0.1) is 12.1 Å². The molecule has 0 spiro atoms. The number of aromatic nitrogens is 1. The summed E-state index contributed by atoms with van der Waals surface area (Å²) < 4.78 is 5.67. The van der Waals surface area contributed by atoms with Crippen LogP contribution in [0.2, 0.25) is 0 Å². The second kappa shape index (κ2) is 9.42. The fraction of sp³-hybridized carbons (Fsp3) is 0.500. The summed E-state index contributed by atoms with van der Waals surface area (Å²) in [4.78, 5) is 16.7. The van der Waals surface area contributed by atoms with Gasteiger partial charge in [-0.3, -0.25) is 4.79 Å². The monoisotopic (exact) mass is 391 g/mol. The molecule has 2 atom stereocenters. The van der Waals surface area contributed by atoms with Gasteiger partial charge >= 0.3 is 0 Å². The van der Waals surface area contributed by atoms with Crippen molar-refractivity contribution in [1.29, 1.82) is 0 Å². The molecule has 2 unspecified atom stereocenters. The molecule has 0 aliphatic carbocycles. The van der Waals surface area contributed by atoms with Crippen molar-refractivity contribution in [3.8, 4) is 11.5 Å². The van der Waals surface area contributed by atoms with Crippen LogP contribution in [0.25, 0.3) is 11.5 Å². The Morgan fingerprint density at radius 1 is 1.50 bits per heavy atom. The average molecular weight is 392 g/mol. The summed E-state index contributed by atoms with van der Waals surface area (Å²) in [6, 6.07) is 2.68. The third-order valence-electron chi connectivity index (χ3n) is 3.98. The minimum atomic E-state index is 0. The number of nitrogens with one attached hydrogen (secondary N) is 2. The average Bonchev–Trinajstić information content (AvgIpc) is 3.09. The standard InChI is InChI=1S/C16H21N3O2S.2ClH/c1-10-7-13(3-5-17-10)18-15(20)8-14-11(2)21-16(19-14)12-4-6-22-9-12;;/h4,6,9-10,13,17H,3,5,7-8H2,1-2H3,(H,18,20);2*1H. The number of rotatable bonds is 4. The number of hydrogen-bond donors (Lipinski definition) is 2. The summed E-state index contributed by atoms with van der Waals surface area (Å²) in [6.45, 7) is 4.96. The van der Waals surface area contributed by atoms with Crippen LogP contribution in [0.3, 0.4) is 0 Å². The first-order valence-electron chi connectivity index (χ1n) is 7.63. The SMILES string of the molecule is Cc1oc(-c2ccsc2)nc1CC(=O)NC1CCNC(C)C1.Cl.Cl. The molecule has 5 nitrogen and oxygen atoms in total. The van der Waals surface area contributed by atoms with Gasteiger partial charge in [-0.1, -0.05) is 0 Å². The number of thiophene rings is 1. The van der Waals surface area contributed by atoms with Gasteiger partial charge in [0.1, 0.15) is 5.76 Å². The molecule has 0 radical (unpaired) electrons. The van der Waals surface area contributed by atoms with Gasteiger partial charge in [-0.25, -0.2) is 4.98 Å². The quantitative estimate of drug-likeness (QED) is 0.838. The largest absolute Gasteiger partial charge is 0.441 e. The lowest BCUT2D eigenvalue weighted by Gasteiger charge is -2.28. The minimum absolute atomic E-state index is 0. The molecule has 2 aromatic heterocycles. The molecular formula is C16H23Cl2N3O2S. The first kappa shape index (κ1) is 21.0. The first-order chi connectivity index (χ1) is 10.6.